The number of nitrogens with zero attached hydrogens (tertiary/aromatic N) is 2. The van der Waals surface area contributed by atoms with Gasteiger partial charge in [0.05, 0.1) is 18.0 Å². The summed E-state index contributed by atoms with van der Waals surface area (Å²) in [6.07, 6.45) is 2.75. The van der Waals surface area contributed by atoms with Gasteiger partial charge in [-0.15, -0.1) is 0 Å². The Labute approximate surface area is 201 Å². The van der Waals surface area contributed by atoms with Gasteiger partial charge in [-0.3, -0.25) is 9.59 Å². The highest BCUT2D eigenvalue weighted by atomic mass is 16.5. The zero-order valence-corrected chi connectivity index (χ0v) is 18.8. The average molecular weight is 473 g/mol. The minimum absolute atomic E-state index is 0.0244. The molecule has 35 heavy (non-hydrogen) atoms. The van der Waals surface area contributed by atoms with Crippen molar-refractivity contribution in [3.05, 3.63) is 83.4 Å². The van der Waals surface area contributed by atoms with Gasteiger partial charge in [0.25, 0.3) is 5.91 Å². The Morgan fingerprint density at radius 2 is 1.57 bits per heavy atom. The normalized spacial score (nSPS) is 17.7. The SMILES string of the molecule is O=C(NCc1ncc(C(=O)NC[C@@H]2C[C@@H]2C(=O)O)cn1)OCC1c2ccccc2-c2ccccc21. The van der Waals surface area contributed by atoms with E-state index in [1.54, 1.807) is 0 Å². The van der Waals surface area contributed by atoms with Crippen LogP contribution in [0.2, 0.25) is 0 Å². The highest BCUT2D eigenvalue weighted by molar-refractivity contribution is 5.93. The maximum atomic E-state index is 12.3. The van der Waals surface area contributed by atoms with Gasteiger partial charge in [0, 0.05) is 24.9 Å². The summed E-state index contributed by atoms with van der Waals surface area (Å²) in [6.45, 7) is 0.575. The third-order valence-electron chi connectivity index (χ3n) is 6.47. The van der Waals surface area contributed by atoms with E-state index in [-0.39, 0.29) is 42.4 Å². The van der Waals surface area contributed by atoms with Gasteiger partial charge in [-0.2, -0.15) is 0 Å². The Morgan fingerprint density at radius 1 is 0.943 bits per heavy atom. The molecule has 0 unspecified atom stereocenters. The lowest BCUT2D eigenvalue weighted by molar-refractivity contribution is -0.138. The number of carbonyl (C=O) groups excluding carboxylic acids is 2. The molecule has 0 saturated heterocycles. The van der Waals surface area contributed by atoms with E-state index < -0.39 is 12.1 Å². The molecule has 1 saturated carbocycles. The summed E-state index contributed by atoms with van der Waals surface area (Å²) < 4.78 is 5.50. The third kappa shape index (κ3) is 4.84. The fourth-order valence-electron chi connectivity index (χ4n) is 4.47. The molecule has 0 aliphatic heterocycles. The van der Waals surface area contributed by atoms with E-state index >= 15 is 0 Å². The van der Waals surface area contributed by atoms with E-state index in [1.165, 1.54) is 12.4 Å². The smallest absolute Gasteiger partial charge is 0.407 e. The van der Waals surface area contributed by atoms with Crippen molar-refractivity contribution in [1.82, 2.24) is 20.6 Å². The van der Waals surface area contributed by atoms with E-state index in [1.807, 2.05) is 24.3 Å². The molecule has 178 valence electrons. The van der Waals surface area contributed by atoms with E-state index in [0.717, 1.165) is 22.3 Å². The summed E-state index contributed by atoms with van der Waals surface area (Å²) >= 11 is 0. The lowest BCUT2D eigenvalue weighted by Gasteiger charge is -2.14. The number of carboxylic acids is 1. The van der Waals surface area contributed by atoms with E-state index in [2.05, 4.69) is 44.9 Å². The number of carboxylic acid groups (broad SMARTS) is 1. The second-order valence-electron chi connectivity index (χ2n) is 8.72. The molecule has 9 nitrogen and oxygen atoms in total. The molecule has 1 aromatic heterocycles. The van der Waals surface area contributed by atoms with Gasteiger partial charge in [-0.05, 0) is 34.6 Å². The molecule has 2 amide bonds. The third-order valence-corrected chi connectivity index (χ3v) is 6.47. The zero-order chi connectivity index (χ0) is 24.4. The Morgan fingerprint density at radius 3 is 2.17 bits per heavy atom. The largest absolute Gasteiger partial charge is 0.481 e. The van der Waals surface area contributed by atoms with Crippen LogP contribution in [0.5, 0.6) is 0 Å². The van der Waals surface area contributed by atoms with Gasteiger partial charge >= 0.3 is 12.1 Å². The minimum Gasteiger partial charge on any atom is -0.481 e. The van der Waals surface area contributed by atoms with Crippen molar-refractivity contribution in [3.8, 4) is 11.1 Å². The lowest BCUT2D eigenvalue weighted by Crippen LogP contribution is -2.28. The van der Waals surface area contributed by atoms with Crippen LogP contribution >= 0.6 is 0 Å². The lowest BCUT2D eigenvalue weighted by atomic mass is 9.98. The topological polar surface area (TPSA) is 131 Å². The van der Waals surface area contributed by atoms with Gasteiger partial charge in [0.2, 0.25) is 0 Å². The number of carbonyl (C=O) groups is 3. The first-order chi connectivity index (χ1) is 17.0. The van der Waals surface area contributed by atoms with Crippen LogP contribution in [-0.4, -0.2) is 46.2 Å². The summed E-state index contributed by atoms with van der Waals surface area (Å²) in [5.41, 5.74) is 4.86. The van der Waals surface area contributed by atoms with Crippen LogP contribution in [0.15, 0.2) is 60.9 Å². The molecule has 2 atom stereocenters. The number of ether oxygens (including phenoxy) is 1. The number of hydrogen-bond donors (Lipinski definition) is 3. The Balaban J connectivity index is 1.10. The van der Waals surface area contributed by atoms with Gasteiger partial charge in [0.15, 0.2) is 0 Å². The summed E-state index contributed by atoms with van der Waals surface area (Å²) in [6, 6.07) is 16.2. The first-order valence-corrected chi connectivity index (χ1v) is 11.4. The number of amides is 2. The molecule has 9 heteroatoms. The first kappa shape index (κ1) is 22.5. The molecular weight excluding hydrogens is 448 g/mol. The van der Waals surface area contributed by atoms with Crippen LogP contribution in [-0.2, 0) is 16.1 Å². The Hall–Kier alpha value is -4.27. The highest BCUT2D eigenvalue weighted by Crippen LogP contribution is 2.44. The van der Waals surface area contributed by atoms with Crippen LogP contribution in [0, 0.1) is 11.8 Å². The molecule has 1 heterocycles. The first-order valence-electron chi connectivity index (χ1n) is 11.4. The summed E-state index contributed by atoms with van der Waals surface area (Å²) in [7, 11) is 0. The number of alkyl carbamates (subject to hydrolysis) is 1. The van der Waals surface area contributed by atoms with E-state index in [4.69, 9.17) is 9.84 Å². The maximum Gasteiger partial charge on any atom is 0.407 e. The zero-order valence-electron chi connectivity index (χ0n) is 18.8. The van der Waals surface area contributed by atoms with E-state index in [0.29, 0.717) is 18.8 Å². The molecule has 2 aliphatic rings. The molecular formula is C26H24N4O5. The second kappa shape index (κ2) is 9.54. The van der Waals surface area contributed by atoms with Crippen molar-refractivity contribution >= 4 is 18.0 Å². The Bertz CT molecular complexity index is 1230. The number of fused-ring (bicyclic) bond motifs is 3. The van der Waals surface area contributed by atoms with Crippen LogP contribution in [0.4, 0.5) is 4.79 Å². The molecule has 5 rings (SSSR count). The maximum absolute atomic E-state index is 12.3. The number of aliphatic carboxylic acids is 1. The average Bonchev–Trinajstić information content (AvgIpc) is 3.60. The van der Waals surface area contributed by atoms with Crippen molar-refractivity contribution in [3.63, 3.8) is 0 Å². The minimum atomic E-state index is -0.833. The Kier molecular flexibility index (Phi) is 6.13. The number of aromatic nitrogens is 2. The predicted molar refractivity (Wildman–Crippen MR) is 126 cm³/mol. The van der Waals surface area contributed by atoms with Crippen LogP contribution in [0.25, 0.3) is 11.1 Å². The number of benzene rings is 2. The van der Waals surface area contributed by atoms with Gasteiger partial charge < -0.3 is 20.5 Å². The molecule has 3 N–H and O–H groups in total. The van der Waals surface area contributed by atoms with Crippen molar-refractivity contribution in [2.24, 2.45) is 11.8 Å². The molecule has 2 aliphatic carbocycles. The predicted octanol–water partition coefficient (Wildman–Crippen LogP) is 2.97. The summed E-state index contributed by atoms with van der Waals surface area (Å²) in [5, 5.41) is 14.3. The van der Waals surface area contributed by atoms with Crippen molar-refractivity contribution in [2.75, 3.05) is 13.2 Å². The van der Waals surface area contributed by atoms with Crippen LogP contribution in [0.3, 0.4) is 0 Å². The highest BCUT2D eigenvalue weighted by Gasteiger charge is 2.43. The monoisotopic (exact) mass is 472 g/mol. The molecule has 0 bridgehead atoms. The van der Waals surface area contributed by atoms with Crippen LogP contribution in [0.1, 0.15) is 39.6 Å². The van der Waals surface area contributed by atoms with Gasteiger partial charge in [0.1, 0.15) is 12.4 Å². The van der Waals surface area contributed by atoms with E-state index in [9.17, 15) is 14.4 Å². The fraction of sp³-hybridized carbons (Fsp3) is 0.269. The molecule has 3 aromatic rings. The van der Waals surface area contributed by atoms with Crippen molar-refractivity contribution in [1.29, 1.82) is 0 Å². The number of nitrogens with one attached hydrogen (secondary N) is 2. The van der Waals surface area contributed by atoms with Gasteiger partial charge in [-0.1, -0.05) is 48.5 Å². The van der Waals surface area contributed by atoms with Gasteiger partial charge in [-0.25, -0.2) is 14.8 Å². The summed E-state index contributed by atoms with van der Waals surface area (Å²) in [4.78, 5) is 43.6. The number of hydrogen-bond acceptors (Lipinski definition) is 6. The second-order valence-corrected chi connectivity index (χ2v) is 8.72. The number of rotatable bonds is 8. The molecule has 1 fully saturated rings. The molecule has 0 radical (unpaired) electrons. The van der Waals surface area contributed by atoms with Crippen molar-refractivity contribution in [2.45, 2.75) is 18.9 Å². The summed E-state index contributed by atoms with van der Waals surface area (Å²) in [5.74, 6) is -1.29. The molecule has 0 spiro atoms. The van der Waals surface area contributed by atoms with Crippen LogP contribution < -0.4 is 10.6 Å². The quantitative estimate of drug-likeness (QED) is 0.459. The molecule has 2 aromatic carbocycles. The fourth-order valence-corrected chi connectivity index (χ4v) is 4.47. The standard InChI is InChI=1S/C26H24N4O5/c31-24(29-10-15-9-21(15)25(32)33)16-11-27-23(28-12-16)13-30-26(34)35-14-22-19-7-3-1-5-17(19)18-6-2-4-8-20(18)22/h1-8,11-12,15,21-22H,9-10,13-14H2,(H,29,31)(H,30,34)(H,32,33)/t15-,21-/m0/s1. The van der Waals surface area contributed by atoms with Crippen molar-refractivity contribution < 1.29 is 24.2 Å².